The van der Waals surface area contributed by atoms with Crippen molar-refractivity contribution in [3.8, 4) is 0 Å². The number of amides is 1. The molecule has 1 amide bonds. The summed E-state index contributed by atoms with van der Waals surface area (Å²) >= 11 is 11.5. The summed E-state index contributed by atoms with van der Waals surface area (Å²) in [6.07, 6.45) is 0. The third-order valence-corrected chi connectivity index (χ3v) is 3.47. The fourth-order valence-electron chi connectivity index (χ4n) is 1.24. The van der Waals surface area contributed by atoms with Gasteiger partial charge >= 0.3 is 0 Å². The topological polar surface area (TPSA) is 29.1 Å². The van der Waals surface area contributed by atoms with Crippen molar-refractivity contribution in [1.82, 2.24) is 5.32 Å². The van der Waals surface area contributed by atoms with Crippen molar-refractivity contribution in [1.29, 1.82) is 0 Å². The van der Waals surface area contributed by atoms with Gasteiger partial charge in [-0.15, -0.1) is 23.2 Å². The highest BCUT2D eigenvalue weighted by molar-refractivity contribution is 6.22. The molecular formula is C12H15Cl2NO. The first-order valence-electron chi connectivity index (χ1n) is 5.02. The van der Waals surface area contributed by atoms with Crippen molar-refractivity contribution < 1.29 is 4.79 Å². The number of halogens is 2. The Labute approximate surface area is 106 Å². The van der Waals surface area contributed by atoms with Crippen LogP contribution in [0.2, 0.25) is 0 Å². The number of benzene rings is 1. The molecule has 0 saturated heterocycles. The van der Waals surface area contributed by atoms with Crippen LogP contribution >= 0.6 is 23.2 Å². The maximum atomic E-state index is 11.9. The van der Waals surface area contributed by atoms with E-state index >= 15 is 0 Å². The number of carbonyl (C=O) groups excluding carboxylic acids is 1. The number of carbonyl (C=O) groups is 1. The molecule has 88 valence electrons. The van der Waals surface area contributed by atoms with Crippen LogP contribution in [0.15, 0.2) is 24.3 Å². The Bertz CT molecular complexity index is 375. The van der Waals surface area contributed by atoms with Gasteiger partial charge in [0.05, 0.1) is 5.54 Å². The lowest BCUT2D eigenvalue weighted by atomic mass is 10.1. The van der Waals surface area contributed by atoms with Crippen LogP contribution in [0.1, 0.15) is 22.8 Å². The van der Waals surface area contributed by atoms with E-state index in [9.17, 15) is 4.79 Å². The molecule has 16 heavy (non-hydrogen) atoms. The van der Waals surface area contributed by atoms with Crippen molar-refractivity contribution >= 4 is 29.1 Å². The molecule has 1 aromatic rings. The van der Waals surface area contributed by atoms with E-state index in [1.165, 1.54) is 0 Å². The van der Waals surface area contributed by atoms with Crippen LogP contribution in [0.4, 0.5) is 0 Å². The Hall–Kier alpha value is -0.730. The fraction of sp³-hybridized carbons (Fsp3) is 0.417. The SMILES string of the molecule is Cc1cccc(C(=O)NC(C)(CCl)CCl)c1. The van der Waals surface area contributed by atoms with E-state index in [1.54, 1.807) is 6.07 Å². The summed E-state index contributed by atoms with van der Waals surface area (Å²) in [5, 5.41) is 2.83. The van der Waals surface area contributed by atoms with Gasteiger partial charge in [-0.2, -0.15) is 0 Å². The second-order valence-corrected chi connectivity index (χ2v) is 4.69. The zero-order valence-electron chi connectivity index (χ0n) is 9.39. The predicted molar refractivity (Wildman–Crippen MR) is 68.5 cm³/mol. The number of rotatable bonds is 4. The summed E-state index contributed by atoms with van der Waals surface area (Å²) in [6.45, 7) is 3.76. The standard InChI is InChI=1S/C12H15Cl2NO/c1-9-4-3-5-10(6-9)11(16)15-12(2,7-13)8-14/h3-6H,7-8H2,1-2H3,(H,15,16). The third-order valence-electron chi connectivity index (χ3n) is 2.29. The number of nitrogens with one attached hydrogen (secondary N) is 1. The molecule has 1 aromatic carbocycles. The summed E-state index contributed by atoms with van der Waals surface area (Å²) < 4.78 is 0. The van der Waals surface area contributed by atoms with Gasteiger partial charge in [-0.1, -0.05) is 17.7 Å². The van der Waals surface area contributed by atoms with Crippen molar-refractivity contribution in [3.63, 3.8) is 0 Å². The Morgan fingerprint density at radius 2 is 2.00 bits per heavy atom. The van der Waals surface area contributed by atoms with Gasteiger partial charge in [0.15, 0.2) is 0 Å². The largest absolute Gasteiger partial charge is 0.344 e. The minimum atomic E-state index is -0.566. The minimum absolute atomic E-state index is 0.146. The Morgan fingerprint density at radius 1 is 1.38 bits per heavy atom. The van der Waals surface area contributed by atoms with Crippen molar-refractivity contribution in [3.05, 3.63) is 35.4 Å². The first-order chi connectivity index (χ1) is 7.50. The van der Waals surface area contributed by atoms with Crippen molar-refractivity contribution in [2.24, 2.45) is 0 Å². The third kappa shape index (κ3) is 3.39. The van der Waals surface area contributed by atoms with Gasteiger partial charge in [-0.05, 0) is 26.0 Å². The molecule has 0 aliphatic rings. The summed E-state index contributed by atoms with van der Waals surface area (Å²) in [5.74, 6) is 0.426. The van der Waals surface area contributed by atoms with Gasteiger partial charge in [0.25, 0.3) is 5.91 Å². The van der Waals surface area contributed by atoms with Gasteiger partial charge in [-0.3, -0.25) is 4.79 Å². The van der Waals surface area contributed by atoms with Crippen LogP contribution in [-0.2, 0) is 0 Å². The number of hydrogen-bond acceptors (Lipinski definition) is 1. The van der Waals surface area contributed by atoms with Crippen molar-refractivity contribution in [2.45, 2.75) is 19.4 Å². The zero-order chi connectivity index (χ0) is 12.2. The first-order valence-corrected chi connectivity index (χ1v) is 6.09. The molecule has 0 aliphatic heterocycles. The molecular weight excluding hydrogens is 245 g/mol. The van der Waals surface area contributed by atoms with Crippen LogP contribution in [0, 0.1) is 6.92 Å². The molecule has 0 aliphatic carbocycles. The van der Waals surface area contributed by atoms with E-state index in [4.69, 9.17) is 23.2 Å². The lowest BCUT2D eigenvalue weighted by Crippen LogP contribution is -2.49. The molecule has 0 heterocycles. The van der Waals surface area contributed by atoms with Crippen molar-refractivity contribution in [2.75, 3.05) is 11.8 Å². The summed E-state index contributed by atoms with van der Waals surface area (Å²) in [4.78, 5) is 11.9. The predicted octanol–water partition coefficient (Wildman–Crippen LogP) is 2.96. The highest BCUT2D eigenvalue weighted by Gasteiger charge is 2.24. The molecule has 0 unspecified atom stereocenters. The van der Waals surface area contributed by atoms with E-state index in [0.29, 0.717) is 5.56 Å². The highest BCUT2D eigenvalue weighted by atomic mass is 35.5. The van der Waals surface area contributed by atoms with Gasteiger partial charge in [0.1, 0.15) is 0 Å². The zero-order valence-corrected chi connectivity index (χ0v) is 10.9. The average molecular weight is 260 g/mol. The van der Waals surface area contributed by atoms with Crippen LogP contribution in [0.5, 0.6) is 0 Å². The van der Waals surface area contributed by atoms with Gasteiger partial charge in [-0.25, -0.2) is 0 Å². The summed E-state index contributed by atoms with van der Waals surface area (Å²) in [5.41, 5.74) is 1.11. The van der Waals surface area contributed by atoms with E-state index in [-0.39, 0.29) is 17.7 Å². The number of aryl methyl sites for hydroxylation is 1. The smallest absolute Gasteiger partial charge is 0.251 e. The second-order valence-electron chi connectivity index (χ2n) is 4.15. The molecule has 2 nitrogen and oxygen atoms in total. The van der Waals surface area contributed by atoms with E-state index in [1.807, 2.05) is 32.0 Å². The summed E-state index contributed by atoms with van der Waals surface area (Å²) in [6, 6.07) is 7.39. The normalized spacial score (nSPS) is 11.2. The lowest BCUT2D eigenvalue weighted by Gasteiger charge is -2.25. The molecule has 0 radical (unpaired) electrons. The molecule has 0 atom stereocenters. The first kappa shape index (κ1) is 13.3. The van der Waals surface area contributed by atoms with Crippen LogP contribution < -0.4 is 5.32 Å². The van der Waals surface area contributed by atoms with Crippen LogP contribution in [0.3, 0.4) is 0 Å². The Morgan fingerprint density at radius 3 is 2.50 bits per heavy atom. The fourth-order valence-corrected chi connectivity index (χ4v) is 1.65. The second kappa shape index (κ2) is 5.55. The quantitative estimate of drug-likeness (QED) is 0.828. The van der Waals surface area contributed by atoms with Crippen LogP contribution in [0.25, 0.3) is 0 Å². The molecule has 0 spiro atoms. The maximum absolute atomic E-state index is 11.9. The summed E-state index contributed by atoms with van der Waals surface area (Å²) in [7, 11) is 0. The Balaban J connectivity index is 2.80. The molecule has 0 bridgehead atoms. The molecule has 1 N–H and O–H groups in total. The number of hydrogen-bond donors (Lipinski definition) is 1. The lowest BCUT2D eigenvalue weighted by molar-refractivity contribution is 0.0921. The van der Waals surface area contributed by atoms with Crippen LogP contribution in [-0.4, -0.2) is 23.2 Å². The van der Waals surface area contributed by atoms with E-state index in [2.05, 4.69) is 5.32 Å². The maximum Gasteiger partial charge on any atom is 0.251 e. The Kier molecular flexibility index (Phi) is 4.63. The van der Waals surface area contributed by atoms with E-state index in [0.717, 1.165) is 5.56 Å². The van der Waals surface area contributed by atoms with E-state index < -0.39 is 5.54 Å². The minimum Gasteiger partial charge on any atom is -0.344 e. The molecule has 4 heteroatoms. The molecule has 0 fully saturated rings. The molecule has 0 saturated carbocycles. The molecule has 1 rings (SSSR count). The van der Waals surface area contributed by atoms with Gasteiger partial charge < -0.3 is 5.32 Å². The molecule has 0 aromatic heterocycles. The van der Waals surface area contributed by atoms with Gasteiger partial charge in [0, 0.05) is 17.3 Å². The number of alkyl halides is 2. The highest BCUT2D eigenvalue weighted by Crippen LogP contribution is 2.11. The average Bonchev–Trinajstić information content (AvgIpc) is 2.29. The monoisotopic (exact) mass is 259 g/mol. The van der Waals surface area contributed by atoms with Gasteiger partial charge in [0.2, 0.25) is 0 Å².